The maximum Gasteiger partial charge on any atom is 0.235 e. The smallest absolute Gasteiger partial charge is 0.235 e. The predicted molar refractivity (Wildman–Crippen MR) is 79.0 cm³/mol. The molecule has 2 rings (SSSR count). The molecule has 100 valence electrons. The molecule has 2 atom stereocenters. The van der Waals surface area contributed by atoms with Gasteiger partial charge in [-0.15, -0.1) is 11.3 Å². The largest absolute Gasteiger partial charge is 0.368 e. The zero-order valence-electron chi connectivity index (χ0n) is 10.9. The number of carbonyl (C=O) groups is 1. The number of thiophene rings is 1. The van der Waals surface area contributed by atoms with E-state index in [9.17, 15) is 4.79 Å². The van der Waals surface area contributed by atoms with Gasteiger partial charge < -0.3 is 11.1 Å². The number of rotatable bonds is 6. The molecule has 2 aromatic rings. The Morgan fingerprint density at radius 2 is 2.00 bits per heavy atom. The lowest BCUT2D eigenvalue weighted by Crippen LogP contribution is -2.44. The van der Waals surface area contributed by atoms with E-state index in [1.54, 1.807) is 11.3 Å². The molecule has 0 saturated carbocycles. The first kappa shape index (κ1) is 13.8. The van der Waals surface area contributed by atoms with Crippen LogP contribution in [0.15, 0.2) is 47.8 Å². The number of hydrogen-bond donors (Lipinski definition) is 2. The van der Waals surface area contributed by atoms with Gasteiger partial charge >= 0.3 is 0 Å². The minimum Gasteiger partial charge on any atom is -0.368 e. The van der Waals surface area contributed by atoms with Crippen molar-refractivity contribution in [2.75, 3.05) is 0 Å². The third kappa shape index (κ3) is 3.66. The minimum absolute atomic E-state index is 0.0543. The van der Waals surface area contributed by atoms with Crippen LogP contribution >= 0.6 is 11.3 Å². The van der Waals surface area contributed by atoms with Crippen LogP contribution in [0.1, 0.15) is 23.3 Å². The fourth-order valence-electron chi connectivity index (χ4n) is 2.10. The van der Waals surface area contributed by atoms with Crippen LogP contribution in [0, 0.1) is 0 Å². The molecule has 0 spiro atoms. The molecule has 19 heavy (non-hydrogen) atoms. The van der Waals surface area contributed by atoms with E-state index in [0.717, 1.165) is 5.56 Å². The van der Waals surface area contributed by atoms with Gasteiger partial charge in [0, 0.05) is 17.3 Å². The molecular weight excluding hydrogens is 256 g/mol. The Morgan fingerprint density at radius 1 is 1.26 bits per heavy atom. The summed E-state index contributed by atoms with van der Waals surface area (Å²) in [5.41, 5.74) is 6.63. The number of nitrogens with one attached hydrogen (secondary N) is 1. The van der Waals surface area contributed by atoms with Gasteiger partial charge in [-0.1, -0.05) is 43.3 Å². The van der Waals surface area contributed by atoms with E-state index in [1.807, 2.05) is 54.8 Å². The van der Waals surface area contributed by atoms with E-state index in [1.165, 1.54) is 4.88 Å². The summed E-state index contributed by atoms with van der Waals surface area (Å²) in [7, 11) is 0. The van der Waals surface area contributed by atoms with Gasteiger partial charge in [-0.05, 0) is 17.0 Å². The number of primary amides is 1. The summed E-state index contributed by atoms with van der Waals surface area (Å²) in [4.78, 5) is 12.8. The Morgan fingerprint density at radius 3 is 2.58 bits per heavy atom. The van der Waals surface area contributed by atoms with Crippen LogP contribution < -0.4 is 11.1 Å². The quantitative estimate of drug-likeness (QED) is 0.850. The summed E-state index contributed by atoms with van der Waals surface area (Å²) in [6.07, 6.45) is 0. The van der Waals surface area contributed by atoms with Gasteiger partial charge in [-0.3, -0.25) is 4.79 Å². The fourth-order valence-corrected chi connectivity index (χ4v) is 2.75. The van der Waals surface area contributed by atoms with Crippen LogP contribution in [0.3, 0.4) is 0 Å². The zero-order chi connectivity index (χ0) is 13.7. The average Bonchev–Trinajstić information content (AvgIpc) is 2.92. The molecule has 3 N–H and O–H groups in total. The fraction of sp³-hybridized carbons (Fsp3) is 0.267. The molecule has 1 amide bonds. The average molecular weight is 274 g/mol. The SMILES string of the molecule is CC(c1ccccc1)C(NCc1cccs1)C(N)=O. The molecule has 0 aliphatic heterocycles. The Labute approximate surface area is 117 Å². The minimum atomic E-state index is -0.357. The van der Waals surface area contributed by atoms with Crippen molar-refractivity contribution in [2.45, 2.75) is 25.4 Å². The van der Waals surface area contributed by atoms with Crippen LogP contribution in [0.4, 0.5) is 0 Å². The van der Waals surface area contributed by atoms with Gasteiger partial charge in [0.05, 0.1) is 6.04 Å². The van der Waals surface area contributed by atoms with Crippen molar-refractivity contribution in [3.63, 3.8) is 0 Å². The molecule has 0 fully saturated rings. The highest BCUT2D eigenvalue weighted by Gasteiger charge is 2.23. The number of carbonyl (C=O) groups excluding carboxylic acids is 1. The summed E-state index contributed by atoms with van der Waals surface area (Å²) < 4.78 is 0. The monoisotopic (exact) mass is 274 g/mol. The molecule has 3 nitrogen and oxygen atoms in total. The second-order valence-electron chi connectivity index (χ2n) is 4.54. The van der Waals surface area contributed by atoms with Gasteiger partial charge in [0.2, 0.25) is 5.91 Å². The van der Waals surface area contributed by atoms with Gasteiger partial charge in [0.15, 0.2) is 0 Å². The van der Waals surface area contributed by atoms with Crippen molar-refractivity contribution in [1.29, 1.82) is 0 Å². The first-order valence-corrected chi connectivity index (χ1v) is 7.16. The summed E-state index contributed by atoms with van der Waals surface area (Å²) in [6, 6.07) is 13.6. The number of benzene rings is 1. The molecule has 0 radical (unpaired) electrons. The topological polar surface area (TPSA) is 55.1 Å². The summed E-state index contributed by atoms with van der Waals surface area (Å²) in [6.45, 7) is 2.69. The van der Waals surface area contributed by atoms with E-state index in [4.69, 9.17) is 5.73 Å². The van der Waals surface area contributed by atoms with Crippen molar-refractivity contribution >= 4 is 17.2 Å². The number of nitrogens with two attached hydrogens (primary N) is 1. The highest BCUT2D eigenvalue weighted by molar-refractivity contribution is 7.09. The van der Waals surface area contributed by atoms with Gasteiger partial charge in [-0.2, -0.15) is 0 Å². The lowest BCUT2D eigenvalue weighted by Gasteiger charge is -2.22. The Bertz CT molecular complexity index is 510. The van der Waals surface area contributed by atoms with E-state index in [2.05, 4.69) is 5.32 Å². The van der Waals surface area contributed by atoms with Crippen LogP contribution in [0.5, 0.6) is 0 Å². The summed E-state index contributed by atoms with van der Waals surface area (Å²) in [5, 5.41) is 5.28. The van der Waals surface area contributed by atoms with Gasteiger partial charge in [-0.25, -0.2) is 0 Å². The second-order valence-corrected chi connectivity index (χ2v) is 5.57. The molecule has 0 saturated heterocycles. The normalized spacial score (nSPS) is 13.9. The molecule has 1 heterocycles. The van der Waals surface area contributed by atoms with Crippen molar-refractivity contribution < 1.29 is 4.79 Å². The molecule has 2 unspecified atom stereocenters. The standard InChI is InChI=1S/C15H18N2OS/c1-11(12-6-3-2-4-7-12)14(15(16)18)17-10-13-8-5-9-19-13/h2-9,11,14,17H,10H2,1H3,(H2,16,18). The molecule has 0 aliphatic rings. The van der Waals surface area contributed by atoms with Crippen molar-refractivity contribution in [1.82, 2.24) is 5.32 Å². The highest BCUT2D eigenvalue weighted by atomic mass is 32.1. The number of hydrogen-bond acceptors (Lipinski definition) is 3. The number of amides is 1. The third-order valence-corrected chi connectivity index (χ3v) is 4.08. The van der Waals surface area contributed by atoms with E-state index in [0.29, 0.717) is 6.54 Å². The molecule has 4 heteroatoms. The van der Waals surface area contributed by atoms with Gasteiger partial charge in [0.25, 0.3) is 0 Å². The zero-order valence-corrected chi connectivity index (χ0v) is 11.7. The summed E-state index contributed by atoms with van der Waals surface area (Å²) in [5.74, 6) is -0.258. The second kappa shape index (κ2) is 6.50. The molecule has 0 aliphatic carbocycles. The van der Waals surface area contributed by atoms with Gasteiger partial charge in [0.1, 0.15) is 0 Å². The molecule has 1 aromatic heterocycles. The van der Waals surface area contributed by atoms with Crippen molar-refractivity contribution in [3.05, 3.63) is 58.3 Å². The van der Waals surface area contributed by atoms with Crippen LogP contribution in [0.25, 0.3) is 0 Å². The highest BCUT2D eigenvalue weighted by Crippen LogP contribution is 2.19. The molecule has 1 aromatic carbocycles. The predicted octanol–water partition coefficient (Wildman–Crippen LogP) is 2.50. The maximum absolute atomic E-state index is 11.6. The molecular formula is C15H18N2OS. The van der Waals surface area contributed by atoms with Crippen molar-refractivity contribution in [3.8, 4) is 0 Å². The van der Waals surface area contributed by atoms with Crippen LogP contribution in [0.2, 0.25) is 0 Å². The van der Waals surface area contributed by atoms with E-state index >= 15 is 0 Å². The first-order valence-electron chi connectivity index (χ1n) is 6.28. The Balaban J connectivity index is 2.05. The Hall–Kier alpha value is -1.65. The first-order chi connectivity index (χ1) is 9.18. The van der Waals surface area contributed by atoms with E-state index < -0.39 is 0 Å². The lowest BCUT2D eigenvalue weighted by atomic mass is 9.93. The lowest BCUT2D eigenvalue weighted by molar-refractivity contribution is -0.120. The third-order valence-electron chi connectivity index (χ3n) is 3.21. The van der Waals surface area contributed by atoms with Crippen molar-refractivity contribution in [2.24, 2.45) is 5.73 Å². The molecule has 0 bridgehead atoms. The maximum atomic E-state index is 11.6. The summed E-state index contributed by atoms with van der Waals surface area (Å²) >= 11 is 1.67. The van der Waals surface area contributed by atoms with Crippen LogP contribution in [-0.4, -0.2) is 11.9 Å². The van der Waals surface area contributed by atoms with E-state index in [-0.39, 0.29) is 17.9 Å². The Kier molecular flexibility index (Phi) is 4.71. The van der Waals surface area contributed by atoms with Crippen LogP contribution in [-0.2, 0) is 11.3 Å².